The molecule has 0 aromatic heterocycles. The van der Waals surface area contributed by atoms with Crippen LogP contribution in [0.4, 0.5) is 4.39 Å². The summed E-state index contributed by atoms with van der Waals surface area (Å²) in [5.74, 6) is 0.278. The molecule has 2 rings (SSSR count). The van der Waals surface area contributed by atoms with Crippen LogP contribution in [0, 0.1) is 11.7 Å². The van der Waals surface area contributed by atoms with Gasteiger partial charge in [0.15, 0.2) is 0 Å². The van der Waals surface area contributed by atoms with Gasteiger partial charge in [-0.25, -0.2) is 4.39 Å². The summed E-state index contributed by atoms with van der Waals surface area (Å²) in [6.45, 7) is 4.28. The molecule has 1 saturated heterocycles. The van der Waals surface area contributed by atoms with E-state index in [9.17, 15) is 4.39 Å². The van der Waals surface area contributed by atoms with Crippen LogP contribution in [0.25, 0.3) is 0 Å². The van der Waals surface area contributed by atoms with Crippen LogP contribution in [0.2, 0.25) is 0 Å². The maximum atomic E-state index is 12.9. The lowest BCUT2D eigenvalue weighted by Crippen LogP contribution is -2.48. The molecule has 1 heterocycles. The maximum Gasteiger partial charge on any atom is 0.123 e. The van der Waals surface area contributed by atoms with Crippen molar-refractivity contribution in [1.29, 1.82) is 0 Å². The second-order valence-electron chi connectivity index (χ2n) is 4.83. The lowest BCUT2D eigenvalue weighted by molar-refractivity contribution is -0.0702. The largest absolute Gasteiger partial charge is 0.379 e. The molecule has 1 atom stereocenters. The Bertz CT molecular complexity index is 345. The normalized spacial score (nSPS) is 20.2. The van der Waals surface area contributed by atoms with Gasteiger partial charge in [-0.15, -0.1) is 0 Å². The van der Waals surface area contributed by atoms with Crippen molar-refractivity contribution in [3.63, 3.8) is 0 Å². The third kappa shape index (κ3) is 2.11. The Balaban J connectivity index is 2.17. The number of nitrogens with two attached hydrogens (primary N) is 1. The Morgan fingerprint density at radius 2 is 2.00 bits per heavy atom. The molecule has 0 saturated carbocycles. The van der Waals surface area contributed by atoms with Crippen LogP contribution in [0.1, 0.15) is 18.9 Å². The minimum atomic E-state index is -0.189. The highest BCUT2D eigenvalue weighted by atomic mass is 19.1. The fraction of sp³-hybridized carbons (Fsp3) is 0.538. The van der Waals surface area contributed by atoms with E-state index in [1.807, 2.05) is 12.1 Å². The average molecular weight is 223 g/mol. The zero-order valence-corrected chi connectivity index (χ0v) is 9.58. The molecule has 0 spiro atoms. The summed E-state index contributed by atoms with van der Waals surface area (Å²) in [5.41, 5.74) is 6.89. The summed E-state index contributed by atoms with van der Waals surface area (Å²) in [4.78, 5) is 0. The molecular formula is C13H18FNO. The van der Waals surface area contributed by atoms with Gasteiger partial charge in [-0.1, -0.05) is 19.1 Å². The van der Waals surface area contributed by atoms with Gasteiger partial charge in [-0.3, -0.25) is 0 Å². The Labute approximate surface area is 95.6 Å². The summed E-state index contributed by atoms with van der Waals surface area (Å²) < 4.78 is 18.2. The average Bonchev–Trinajstić information content (AvgIpc) is 2.24. The lowest BCUT2D eigenvalue weighted by atomic mass is 9.72. The molecule has 1 fully saturated rings. The van der Waals surface area contributed by atoms with Crippen molar-refractivity contribution in [2.24, 2.45) is 11.7 Å². The third-order valence-corrected chi connectivity index (χ3v) is 3.35. The number of halogens is 1. The molecule has 16 heavy (non-hydrogen) atoms. The maximum absolute atomic E-state index is 12.9. The lowest BCUT2D eigenvalue weighted by Gasteiger charge is -2.43. The van der Waals surface area contributed by atoms with Gasteiger partial charge in [-0.05, 0) is 36.6 Å². The zero-order valence-electron chi connectivity index (χ0n) is 9.58. The van der Waals surface area contributed by atoms with Gasteiger partial charge in [0.1, 0.15) is 5.82 Å². The first-order valence-electron chi connectivity index (χ1n) is 5.70. The van der Waals surface area contributed by atoms with Crippen LogP contribution in [0.3, 0.4) is 0 Å². The van der Waals surface area contributed by atoms with Crippen LogP contribution in [0.5, 0.6) is 0 Å². The molecule has 1 aromatic rings. The zero-order chi connectivity index (χ0) is 11.6. The van der Waals surface area contributed by atoms with Gasteiger partial charge in [0.05, 0.1) is 13.2 Å². The van der Waals surface area contributed by atoms with Crippen molar-refractivity contribution in [2.45, 2.75) is 18.8 Å². The van der Waals surface area contributed by atoms with E-state index in [2.05, 4.69) is 6.92 Å². The molecule has 0 bridgehead atoms. The van der Waals surface area contributed by atoms with Crippen LogP contribution in [0.15, 0.2) is 24.3 Å². The van der Waals surface area contributed by atoms with Crippen molar-refractivity contribution in [3.05, 3.63) is 35.6 Å². The fourth-order valence-electron chi connectivity index (χ4n) is 2.30. The van der Waals surface area contributed by atoms with Crippen molar-refractivity contribution in [1.82, 2.24) is 0 Å². The van der Waals surface area contributed by atoms with Crippen LogP contribution >= 0.6 is 0 Å². The van der Waals surface area contributed by atoms with E-state index in [4.69, 9.17) is 10.5 Å². The highest BCUT2D eigenvalue weighted by Crippen LogP contribution is 2.38. The molecular weight excluding hydrogens is 205 g/mol. The number of rotatable bonds is 4. The number of hydrogen-bond acceptors (Lipinski definition) is 2. The van der Waals surface area contributed by atoms with E-state index in [-0.39, 0.29) is 11.2 Å². The molecule has 1 aromatic carbocycles. The molecule has 2 N–H and O–H groups in total. The second-order valence-corrected chi connectivity index (χ2v) is 4.83. The van der Waals surface area contributed by atoms with E-state index < -0.39 is 0 Å². The Morgan fingerprint density at radius 1 is 1.38 bits per heavy atom. The number of hydrogen-bond donors (Lipinski definition) is 1. The Hall–Kier alpha value is -0.930. The minimum absolute atomic E-state index is 0.0620. The van der Waals surface area contributed by atoms with Gasteiger partial charge >= 0.3 is 0 Å². The summed E-state index contributed by atoms with van der Waals surface area (Å²) in [7, 11) is 0. The van der Waals surface area contributed by atoms with Crippen LogP contribution in [-0.4, -0.2) is 19.8 Å². The van der Waals surface area contributed by atoms with Gasteiger partial charge in [0.2, 0.25) is 0 Å². The summed E-state index contributed by atoms with van der Waals surface area (Å²) in [6, 6.07) is 6.76. The van der Waals surface area contributed by atoms with E-state index >= 15 is 0 Å². The first-order chi connectivity index (χ1) is 7.66. The molecule has 88 valence electrons. The van der Waals surface area contributed by atoms with Crippen molar-refractivity contribution < 1.29 is 9.13 Å². The molecule has 2 nitrogen and oxygen atoms in total. The topological polar surface area (TPSA) is 35.2 Å². The van der Waals surface area contributed by atoms with Crippen LogP contribution in [-0.2, 0) is 10.2 Å². The standard InChI is InChI=1S/C13H18FNO/c1-10(7-15)6-13(8-16-9-13)11-2-4-12(14)5-3-11/h2-5,10H,6-9,15H2,1H3. The first kappa shape index (κ1) is 11.6. The molecule has 1 aliphatic heterocycles. The van der Waals surface area contributed by atoms with Crippen molar-refractivity contribution >= 4 is 0 Å². The van der Waals surface area contributed by atoms with E-state index in [1.165, 1.54) is 17.7 Å². The van der Waals surface area contributed by atoms with Crippen molar-refractivity contribution in [2.75, 3.05) is 19.8 Å². The van der Waals surface area contributed by atoms with Crippen molar-refractivity contribution in [3.8, 4) is 0 Å². The number of benzene rings is 1. The van der Waals surface area contributed by atoms with E-state index in [1.54, 1.807) is 0 Å². The minimum Gasteiger partial charge on any atom is -0.379 e. The van der Waals surface area contributed by atoms with Gasteiger partial charge < -0.3 is 10.5 Å². The summed E-state index contributed by atoms with van der Waals surface area (Å²) >= 11 is 0. The molecule has 3 heteroatoms. The number of ether oxygens (including phenoxy) is 1. The molecule has 0 radical (unpaired) electrons. The molecule has 0 amide bonds. The fourth-order valence-corrected chi connectivity index (χ4v) is 2.30. The quantitative estimate of drug-likeness (QED) is 0.848. The Kier molecular flexibility index (Phi) is 3.26. The predicted molar refractivity (Wildman–Crippen MR) is 61.7 cm³/mol. The molecule has 1 unspecified atom stereocenters. The Morgan fingerprint density at radius 3 is 2.44 bits per heavy atom. The first-order valence-corrected chi connectivity index (χ1v) is 5.70. The van der Waals surface area contributed by atoms with Gasteiger partial charge in [-0.2, -0.15) is 0 Å². The monoisotopic (exact) mass is 223 g/mol. The van der Waals surface area contributed by atoms with E-state index in [0.717, 1.165) is 19.6 Å². The SMILES string of the molecule is CC(CN)CC1(c2ccc(F)cc2)COC1. The summed E-state index contributed by atoms with van der Waals surface area (Å²) in [5, 5.41) is 0. The molecule has 0 aliphatic carbocycles. The highest BCUT2D eigenvalue weighted by molar-refractivity contribution is 5.28. The van der Waals surface area contributed by atoms with Gasteiger partial charge in [0, 0.05) is 5.41 Å². The predicted octanol–water partition coefficient (Wildman–Crippen LogP) is 2.08. The van der Waals surface area contributed by atoms with Gasteiger partial charge in [0.25, 0.3) is 0 Å². The summed E-state index contributed by atoms with van der Waals surface area (Å²) in [6.07, 6.45) is 1.01. The smallest absolute Gasteiger partial charge is 0.123 e. The molecule has 1 aliphatic rings. The van der Waals surface area contributed by atoms with Crippen LogP contribution < -0.4 is 5.73 Å². The second kappa shape index (κ2) is 4.52. The third-order valence-electron chi connectivity index (χ3n) is 3.35. The highest BCUT2D eigenvalue weighted by Gasteiger charge is 2.40. The van der Waals surface area contributed by atoms with E-state index in [0.29, 0.717) is 12.5 Å².